The van der Waals surface area contributed by atoms with Gasteiger partial charge in [0.2, 0.25) is 0 Å². The third-order valence-electron chi connectivity index (χ3n) is 3.87. The number of urea groups is 1. The highest BCUT2D eigenvalue weighted by molar-refractivity contribution is 7.17. The average Bonchev–Trinajstić information content (AvgIpc) is 2.99. The Bertz CT molecular complexity index is 969. The average molecular weight is 401 g/mol. The van der Waals surface area contributed by atoms with Gasteiger partial charge < -0.3 is 10.1 Å². The van der Waals surface area contributed by atoms with Crippen molar-refractivity contribution in [1.82, 2.24) is 0 Å². The van der Waals surface area contributed by atoms with Crippen LogP contribution in [0.25, 0.3) is 11.1 Å². The molecule has 2 amide bonds. The molecule has 0 aliphatic heterocycles. The Balaban J connectivity index is 1.92. The van der Waals surface area contributed by atoms with Gasteiger partial charge in [0, 0.05) is 21.2 Å². The van der Waals surface area contributed by atoms with Crippen LogP contribution in [0.3, 0.4) is 0 Å². The molecule has 0 fully saturated rings. The molecule has 0 saturated heterocycles. The van der Waals surface area contributed by atoms with E-state index in [1.165, 1.54) is 18.4 Å². The van der Waals surface area contributed by atoms with E-state index in [1.807, 2.05) is 37.3 Å². The molecule has 0 atom stereocenters. The minimum Gasteiger partial charge on any atom is -0.465 e. The molecule has 0 bridgehead atoms. The molecule has 0 spiro atoms. The lowest BCUT2D eigenvalue weighted by Gasteiger charge is -2.09. The molecule has 0 radical (unpaired) electrons. The Morgan fingerprint density at radius 1 is 1.00 bits per heavy atom. The number of ether oxygens (including phenoxy) is 1. The fraction of sp³-hybridized carbons (Fsp3) is 0.100. The van der Waals surface area contributed by atoms with Gasteiger partial charge in [-0.05, 0) is 36.8 Å². The molecular weight excluding hydrogens is 384 g/mol. The quantitative estimate of drug-likeness (QED) is 0.543. The minimum atomic E-state index is -0.500. The smallest absolute Gasteiger partial charge is 0.341 e. The van der Waals surface area contributed by atoms with Gasteiger partial charge in [0.1, 0.15) is 10.6 Å². The van der Waals surface area contributed by atoms with E-state index < -0.39 is 12.0 Å². The second kappa shape index (κ2) is 8.24. The van der Waals surface area contributed by atoms with Gasteiger partial charge in [-0.3, -0.25) is 5.32 Å². The second-order valence-electron chi connectivity index (χ2n) is 5.68. The number of carbonyl (C=O) groups is 2. The standard InChI is InChI=1S/C20H17ClN2O3S/c1-12-16(13-6-4-3-5-7-13)17(19(24)26-2)18(27-12)23-20(25)22-15-10-8-14(21)9-11-15/h3-11H,1-2H3,(H2,22,23,25). The summed E-state index contributed by atoms with van der Waals surface area (Å²) in [5.74, 6) is -0.500. The zero-order valence-corrected chi connectivity index (χ0v) is 16.3. The van der Waals surface area contributed by atoms with Crippen molar-refractivity contribution in [2.75, 3.05) is 17.7 Å². The van der Waals surface area contributed by atoms with E-state index in [2.05, 4.69) is 10.6 Å². The zero-order chi connectivity index (χ0) is 19.4. The molecule has 0 aliphatic rings. The molecule has 1 heterocycles. The maximum absolute atomic E-state index is 12.4. The van der Waals surface area contributed by atoms with Crippen LogP contribution in [-0.2, 0) is 4.74 Å². The molecule has 3 rings (SSSR count). The Morgan fingerprint density at radius 2 is 1.67 bits per heavy atom. The highest BCUT2D eigenvalue weighted by Crippen LogP contribution is 2.40. The lowest BCUT2D eigenvalue weighted by atomic mass is 10.0. The molecule has 2 N–H and O–H groups in total. The fourth-order valence-electron chi connectivity index (χ4n) is 2.68. The first-order valence-corrected chi connectivity index (χ1v) is 9.29. The molecule has 0 aliphatic carbocycles. The number of nitrogens with one attached hydrogen (secondary N) is 2. The third kappa shape index (κ3) is 4.30. The lowest BCUT2D eigenvalue weighted by molar-refractivity contribution is 0.0603. The number of methoxy groups -OCH3 is 1. The molecular formula is C20H17ClN2O3S. The normalized spacial score (nSPS) is 10.3. The Hall–Kier alpha value is -2.83. The predicted octanol–water partition coefficient (Wildman–Crippen LogP) is 5.81. The van der Waals surface area contributed by atoms with E-state index in [0.717, 1.165) is 16.0 Å². The topological polar surface area (TPSA) is 67.4 Å². The van der Waals surface area contributed by atoms with E-state index >= 15 is 0 Å². The van der Waals surface area contributed by atoms with Gasteiger partial charge in [0.05, 0.1) is 7.11 Å². The van der Waals surface area contributed by atoms with Gasteiger partial charge in [-0.2, -0.15) is 0 Å². The number of aryl methyl sites for hydroxylation is 1. The summed E-state index contributed by atoms with van der Waals surface area (Å²) in [6, 6.07) is 15.8. The van der Waals surface area contributed by atoms with Crippen molar-refractivity contribution in [2.45, 2.75) is 6.92 Å². The van der Waals surface area contributed by atoms with Crippen LogP contribution >= 0.6 is 22.9 Å². The summed E-state index contributed by atoms with van der Waals surface area (Å²) in [6.07, 6.45) is 0. The number of hydrogen-bond donors (Lipinski definition) is 2. The van der Waals surface area contributed by atoms with Crippen molar-refractivity contribution in [2.24, 2.45) is 0 Å². The Kier molecular flexibility index (Phi) is 5.78. The summed E-state index contributed by atoms with van der Waals surface area (Å²) in [4.78, 5) is 25.7. The van der Waals surface area contributed by atoms with Gasteiger partial charge in [0.25, 0.3) is 0 Å². The van der Waals surface area contributed by atoms with Crippen LogP contribution in [0.15, 0.2) is 54.6 Å². The molecule has 0 saturated carbocycles. The third-order valence-corrected chi connectivity index (χ3v) is 5.14. The monoisotopic (exact) mass is 400 g/mol. The highest BCUT2D eigenvalue weighted by atomic mass is 35.5. The summed E-state index contributed by atoms with van der Waals surface area (Å²) >= 11 is 7.18. The Morgan fingerprint density at radius 3 is 2.30 bits per heavy atom. The van der Waals surface area contributed by atoms with Crippen molar-refractivity contribution in [3.63, 3.8) is 0 Å². The van der Waals surface area contributed by atoms with Crippen molar-refractivity contribution in [1.29, 1.82) is 0 Å². The SMILES string of the molecule is COC(=O)c1c(NC(=O)Nc2ccc(Cl)cc2)sc(C)c1-c1ccccc1. The number of thiophene rings is 1. The molecule has 5 nitrogen and oxygen atoms in total. The summed E-state index contributed by atoms with van der Waals surface area (Å²) < 4.78 is 4.95. The van der Waals surface area contributed by atoms with E-state index in [9.17, 15) is 9.59 Å². The molecule has 7 heteroatoms. The number of anilines is 2. The number of hydrogen-bond acceptors (Lipinski definition) is 4. The van der Waals surface area contributed by atoms with Crippen LogP contribution in [0.2, 0.25) is 5.02 Å². The number of rotatable bonds is 4. The maximum Gasteiger partial charge on any atom is 0.341 e. The molecule has 1 aromatic heterocycles. The van der Waals surface area contributed by atoms with Gasteiger partial charge in [0.15, 0.2) is 0 Å². The Labute approximate surface area is 165 Å². The summed E-state index contributed by atoms with van der Waals surface area (Å²) in [5.41, 5.74) is 2.58. The fourth-order valence-corrected chi connectivity index (χ4v) is 3.87. The van der Waals surface area contributed by atoms with Crippen LogP contribution in [0.1, 0.15) is 15.2 Å². The first-order valence-electron chi connectivity index (χ1n) is 8.10. The van der Waals surface area contributed by atoms with Crippen molar-refractivity contribution >= 4 is 45.6 Å². The largest absolute Gasteiger partial charge is 0.465 e. The zero-order valence-electron chi connectivity index (χ0n) is 14.7. The first-order chi connectivity index (χ1) is 13.0. The van der Waals surface area contributed by atoms with Gasteiger partial charge in [-0.15, -0.1) is 11.3 Å². The second-order valence-corrected chi connectivity index (χ2v) is 7.34. The molecule has 2 aromatic carbocycles. The minimum absolute atomic E-state index is 0.345. The van der Waals surface area contributed by atoms with Crippen LogP contribution < -0.4 is 10.6 Å². The number of carbonyl (C=O) groups excluding carboxylic acids is 2. The first kappa shape index (κ1) is 18.9. The van der Waals surface area contributed by atoms with E-state index in [1.54, 1.807) is 24.3 Å². The summed E-state index contributed by atoms with van der Waals surface area (Å²) in [5, 5.41) is 6.48. The number of esters is 1. The van der Waals surface area contributed by atoms with Crippen LogP contribution in [0, 0.1) is 6.92 Å². The van der Waals surface area contributed by atoms with E-state index in [-0.39, 0.29) is 0 Å². The van der Waals surface area contributed by atoms with E-state index in [0.29, 0.717) is 21.3 Å². The van der Waals surface area contributed by atoms with Gasteiger partial charge in [-0.25, -0.2) is 9.59 Å². The predicted molar refractivity (Wildman–Crippen MR) is 110 cm³/mol. The van der Waals surface area contributed by atoms with Crippen molar-refractivity contribution in [3.05, 3.63) is 70.1 Å². The van der Waals surface area contributed by atoms with Crippen LogP contribution in [0.5, 0.6) is 0 Å². The van der Waals surface area contributed by atoms with Crippen LogP contribution in [-0.4, -0.2) is 19.1 Å². The number of halogens is 1. The lowest BCUT2D eigenvalue weighted by Crippen LogP contribution is -2.20. The van der Waals surface area contributed by atoms with Gasteiger partial charge in [-0.1, -0.05) is 41.9 Å². The number of benzene rings is 2. The van der Waals surface area contributed by atoms with Crippen molar-refractivity contribution < 1.29 is 14.3 Å². The summed E-state index contributed by atoms with van der Waals surface area (Å²) in [6.45, 7) is 1.90. The molecule has 138 valence electrons. The van der Waals surface area contributed by atoms with E-state index in [4.69, 9.17) is 16.3 Å². The summed E-state index contributed by atoms with van der Waals surface area (Å²) in [7, 11) is 1.32. The van der Waals surface area contributed by atoms with Crippen LogP contribution in [0.4, 0.5) is 15.5 Å². The number of amides is 2. The maximum atomic E-state index is 12.4. The molecule has 27 heavy (non-hydrogen) atoms. The van der Waals surface area contributed by atoms with Crippen molar-refractivity contribution in [3.8, 4) is 11.1 Å². The highest BCUT2D eigenvalue weighted by Gasteiger charge is 2.25. The molecule has 0 unspecified atom stereocenters. The molecule has 3 aromatic rings. The van der Waals surface area contributed by atoms with Gasteiger partial charge >= 0.3 is 12.0 Å².